The number of amides is 1. The zero-order chi connectivity index (χ0) is 20.0. The van der Waals surface area contributed by atoms with Crippen LogP contribution in [0.2, 0.25) is 0 Å². The van der Waals surface area contributed by atoms with E-state index in [1.807, 2.05) is 19.1 Å². The number of rotatable bonds is 7. The minimum atomic E-state index is -0.342. The van der Waals surface area contributed by atoms with Crippen LogP contribution in [0.15, 0.2) is 48.8 Å². The van der Waals surface area contributed by atoms with Crippen LogP contribution in [0.5, 0.6) is 0 Å². The van der Waals surface area contributed by atoms with Crippen molar-refractivity contribution in [1.82, 2.24) is 4.90 Å². The van der Waals surface area contributed by atoms with Gasteiger partial charge in [0, 0.05) is 20.2 Å². The minimum absolute atomic E-state index is 0.0726. The summed E-state index contributed by atoms with van der Waals surface area (Å²) in [6.45, 7) is 6.29. The van der Waals surface area contributed by atoms with Crippen LogP contribution in [0.1, 0.15) is 48.2 Å². The summed E-state index contributed by atoms with van der Waals surface area (Å²) in [4.78, 5) is 25.9. The third-order valence-corrected chi connectivity index (χ3v) is 4.34. The molecule has 0 bridgehead atoms. The van der Waals surface area contributed by atoms with Gasteiger partial charge >= 0.3 is 5.97 Å². The third kappa shape index (κ3) is 5.91. The molecule has 0 fully saturated rings. The Morgan fingerprint density at radius 1 is 1.07 bits per heavy atom. The molecule has 1 amide bonds. The number of benzene rings is 1. The molecule has 1 aromatic heterocycles. The van der Waals surface area contributed by atoms with Crippen molar-refractivity contribution in [2.24, 2.45) is 5.92 Å². The van der Waals surface area contributed by atoms with Gasteiger partial charge in [0.25, 0.3) is 12.6 Å². The molecule has 0 saturated heterocycles. The van der Waals surface area contributed by atoms with E-state index in [0.717, 1.165) is 12.0 Å². The van der Waals surface area contributed by atoms with Crippen LogP contribution < -0.4 is 4.57 Å². The first-order valence-corrected chi connectivity index (χ1v) is 9.24. The van der Waals surface area contributed by atoms with Crippen LogP contribution in [-0.4, -0.2) is 30.9 Å². The summed E-state index contributed by atoms with van der Waals surface area (Å²) < 4.78 is 7.12. The maximum atomic E-state index is 12.4. The van der Waals surface area contributed by atoms with E-state index in [-0.39, 0.29) is 24.5 Å². The highest BCUT2D eigenvalue weighted by atomic mass is 16.5. The van der Waals surface area contributed by atoms with Crippen molar-refractivity contribution < 1.29 is 18.9 Å². The van der Waals surface area contributed by atoms with Gasteiger partial charge < -0.3 is 9.64 Å². The normalized spacial score (nSPS) is 11.9. The molecule has 0 aliphatic carbocycles. The van der Waals surface area contributed by atoms with Gasteiger partial charge in [0.05, 0.1) is 5.92 Å². The first-order valence-electron chi connectivity index (χ1n) is 9.24. The van der Waals surface area contributed by atoms with Crippen LogP contribution in [-0.2, 0) is 22.7 Å². The van der Waals surface area contributed by atoms with Crippen molar-refractivity contribution in [3.63, 3.8) is 0 Å². The molecule has 0 N–H and O–H groups in total. The van der Waals surface area contributed by atoms with Crippen molar-refractivity contribution >= 4 is 11.9 Å². The standard InChI is InChI=1S/C22H29N2O3/c1-16(2)13-18-8-10-19(11-9-18)17(3)22(26)27-15-24-12-6-7-20(14-24)21(25)23(4)5/h6-12,14,16-17H,13,15H2,1-5H3/q+1. The van der Waals surface area contributed by atoms with Crippen molar-refractivity contribution in [3.8, 4) is 0 Å². The van der Waals surface area contributed by atoms with E-state index in [1.165, 1.54) is 10.5 Å². The summed E-state index contributed by atoms with van der Waals surface area (Å²) in [5.41, 5.74) is 2.76. The Bertz CT molecular complexity index is 782. The van der Waals surface area contributed by atoms with Gasteiger partial charge in [-0.05, 0) is 36.5 Å². The number of aromatic nitrogens is 1. The van der Waals surface area contributed by atoms with E-state index in [2.05, 4.69) is 26.0 Å². The number of nitrogens with zero attached hydrogens (tertiary/aromatic N) is 2. The molecule has 1 unspecified atom stereocenters. The minimum Gasteiger partial charge on any atom is -0.404 e. The summed E-state index contributed by atoms with van der Waals surface area (Å²) >= 11 is 0. The molecule has 1 heterocycles. The fraction of sp³-hybridized carbons (Fsp3) is 0.409. The summed E-state index contributed by atoms with van der Waals surface area (Å²) in [7, 11) is 3.40. The second kappa shape index (κ2) is 9.31. The van der Waals surface area contributed by atoms with E-state index in [0.29, 0.717) is 11.5 Å². The Labute approximate surface area is 161 Å². The maximum Gasteiger partial charge on any atom is 0.317 e. The average molecular weight is 369 g/mol. The van der Waals surface area contributed by atoms with Gasteiger partial charge in [0.2, 0.25) is 0 Å². The summed E-state index contributed by atoms with van der Waals surface area (Å²) in [5.74, 6) is -0.121. The number of esters is 1. The van der Waals surface area contributed by atoms with Crippen LogP contribution >= 0.6 is 0 Å². The van der Waals surface area contributed by atoms with Gasteiger partial charge in [-0.15, -0.1) is 0 Å². The Morgan fingerprint density at radius 2 is 1.74 bits per heavy atom. The number of hydrogen-bond donors (Lipinski definition) is 0. The quantitative estimate of drug-likeness (QED) is 0.556. The van der Waals surface area contributed by atoms with Crippen molar-refractivity contribution in [1.29, 1.82) is 0 Å². The number of carbonyl (C=O) groups excluding carboxylic acids is 2. The second-order valence-electron chi connectivity index (χ2n) is 7.46. The number of carbonyl (C=O) groups is 2. The largest absolute Gasteiger partial charge is 0.404 e. The van der Waals surface area contributed by atoms with E-state index in [4.69, 9.17) is 4.74 Å². The van der Waals surface area contributed by atoms with Gasteiger partial charge in [-0.3, -0.25) is 9.59 Å². The van der Waals surface area contributed by atoms with Crippen molar-refractivity contribution in [3.05, 3.63) is 65.5 Å². The van der Waals surface area contributed by atoms with Gasteiger partial charge in [0.1, 0.15) is 5.56 Å². The van der Waals surface area contributed by atoms with Crippen LogP contribution in [0, 0.1) is 5.92 Å². The zero-order valence-electron chi connectivity index (χ0n) is 16.8. The predicted molar refractivity (Wildman–Crippen MR) is 104 cm³/mol. The van der Waals surface area contributed by atoms with Gasteiger partial charge in [0.15, 0.2) is 12.4 Å². The van der Waals surface area contributed by atoms with Crippen LogP contribution in [0.3, 0.4) is 0 Å². The first-order chi connectivity index (χ1) is 12.8. The fourth-order valence-corrected chi connectivity index (χ4v) is 2.80. The molecule has 0 spiro atoms. The number of ether oxygens (including phenoxy) is 1. The number of pyridine rings is 1. The lowest BCUT2D eigenvalue weighted by atomic mass is 9.97. The first kappa shape index (κ1) is 20.6. The predicted octanol–water partition coefficient (Wildman–Crippen LogP) is 3.18. The lowest BCUT2D eigenvalue weighted by molar-refractivity contribution is -0.727. The Kier molecular flexibility index (Phi) is 7.11. The van der Waals surface area contributed by atoms with Crippen LogP contribution in [0.4, 0.5) is 0 Å². The van der Waals surface area contributed by atoms with Crippen molar-refractivity contribution in [2.75, 3.05) is 14.1 Å². The number of hydrogen-bond acceptors (Lipinski definition) is 3. The Morgan fingerprint density at radius 3 is 2.33 bits per heavy atom. The molecule has 0 aliphatic rings. The second-order valence-corrected chi connectivity index (χ2v) is 7.46. The van der Waals surface area contributed by atoms with Crippen LogP contribution in [0.25, 0.3) is 0 Å². The highest BCUT2D eigenvalue weighted by Crippen LogP contribution is 2.18. The molecule has 1 atom stereocenters. The van der Waals surface area contributed by atoms with E-state index in [1.54, 1.807) is 43.2 Å². The lowest BCUT2D eigenvalue weighted by Gasteiger charge is -2.12. The van der Waals surface area contributed by atoms with E-state index < -0.39 is 0 Å². The highest BCUT2D eigenvalue weighted by Gasteiger charge is 2.19. The van der Waals surface area contributed by atoms with Gasteiger partial charge in [-0.25, -0.2) is 0 Å². The molecule has 5 nitrogen and oxygen atoms in total. The topological polar surface area (TPSA) is 50.5 Å². The fourth-order valence-electron chi connectivity index (χ4n) is 2.80. The third-order valence-electron chi connectivity index (χ3n) is 4.34. The molecular formula is C22H29N2O3+. The smallest absolute Gasteiger partial charge is 0.317 e. The molecule has 27 heavy (non-hydrogen) atoms. The monoisotopic (exact) mass is 369 g/mol. The van der Waals surface area contributed by atoms with Gasteiger partial charge in [-0.1, -0.05) is 38.1 Å². The molecule has 0 saturated carbocycles. The summed E-state index contributed by atoms with van der Waals surface area (Å²) in [6, 6.07) is 11.6. The summed E-state index contributed by atoms with van der Waals surface area (Å²) in [5, 5.41) is 0. The zero-order valence-corrected chi connectivity index (χ0v) is 16.8. The molecular weight excluding hydrogens is 340 g/mol. The SMILES string of the molecule is CC(C)Cc1ccc(C(C)C(=O)OC[n+]2cccc(C(=O)N(C)C)c2)cc1. The molecule has 2 aromatic rings. The lowest BCUT2D eigenvalue weighted by Crippen LogP contribution is -2.37. The van der Waals surface area contributed by atoms with E-state index >= 15 is 0 Å². The maximum absolute atomic E-state index is 12.4. The highest BCUT2D eigenvalue weighted by molar-refractivity contribution is 5.93. The Hall–Kier alpha value is -2.69. The molecule has 2 rings (SSSR count). The molecule has 1 aromatic carbocycles. The van der Waals surface area contributed by atoms with E-state index in [9.17, 15) is 9.59 Å². The molecule has 144 valence electrons. The summed E-state index contributed by atoms with van der Waals surface area (Å²) in [6.07, 6.45) is 4.48. The van der Waals surface area contributed by atoms with Gasteiger partial charge in [-0.2, -0.15) is 4.57 Å². The van der Waals surface area contributed by atoms with Crippen molar-refractivity contribution in [2.45, 2.75) is 39.8 Å². The molecule has 0 aliphatic heterocycles. The Balaban J connectivity index is 1.97. The molecule has 0 radical (unpaired) electrons. The average Bonchev–Trinajstić information content (AvgIpc) is 2.65. The molecule has 5 heteroatoms.